The van der Waals surface area contributed by atoms with Gasteiger partial charge >= 0.3 is 0 Å². The van der Waals surface area contributed by atoms with Gasteiger partial charge in [-0.05, 0) is 6.42 Å². The zero-order valence-corrected chi connectivity index (χ0v) is 17.2. The normalized spacial score (nSPS) is 19.1. The topological polar surface area (TPSA) is 88.0 Å². The lowest BCUT2D eigenvalue weighted by Crippen LogP contribution is -2.15. The number of imidazole rings is 1. The molecule has 1 amide bonds. The lowest BCUT2D eigenvalue weighted by Gasteiger charge is -2.16. The van der Waals surface area contributed by atoms with E-state index in [1.165, 1.54) is 36.1 Å². The molecule has 1 saturated carbocycles. The molecule has 5 rings (SSSR count). The van der Waals surface area contributed by atoms with Gasteiger partial charge < -0.3 is 9.72 Å². The van der Waals surface area contributed by atoms with Crippen LogP contribution in [0, 0.1) is 11.7 Å². The van der Waals surface area contributed by atoms with Crippen LogP contribution in [-0.4, -0.2) is 43.1 Å². The van der Waals surface area contributed by atoms with Gasteiger partial charge in [0.15, 0.2) is 11.5 Å². The Balaban J connectivity index is 1.58. The molecule has 3 unspecified atom stereocenters. The summed E-state index contributed by atoms with van der Waals surface area (Å²) in [4.78, 5) is 20.4. The van der Waals surface area contributed by atoms with Crippen LogP contribution in [0.15, 0.2) is 24.8 Å². The zero-order chi connectivity index (χ0) is 22.7. The molecule has 166 valence electrons. The van der Waals surface area contributed by atoms with Crippen LogP contribution in [0.5, 0.6) is 0 Å². The van der Waals surface area contributed by atoms with Crippen molar-refractivity contribution in [3.63, 3.8) is 0 Å². The van der Waals surface area contributed by atoms with Gasteiger partial charge in [0, 0.05) is 28.6 Å². The predicted molar refractivity (Wildman–Crippen MR) is 109 cm³/mol. The minimum Gasteiger partial charge on any atom is -0.309 e. The van der Waals surface area contributed by atoms with Gasteiger partial charge in [0.2, 0.25) is 12.3 Å². The van der Waals surface area contributed by atoms with Crippen molar-refractivity contribution < 1.29 is 22.4 Å². The number of carbonyl (C=O) groups is 1. The van der Waals surface area contributed by atoms with E-state index in [-0.39, 0.29) is 39.6 Å². The van der Waals surface area contributed by atoms with Gasteiger partial charge in [-0.3, -0.25) is 14.9 Å². The van der Waals surface area contributed by atoms with Gasteiger partial charge in [-0.2, -0.15) is 5.10 Å². The van der Waals surface area contributed by atoms with E-state index in [4.69, 9.17) is 11.6 Å². The van der Waals surface area contributed by atoms with Crippen LogP contribution < -0.4 is 5.32 Å². The van der Waals surface area contributed by atoms with E-state index in [2.05, 4.69) is 25.5 Å². The fourth-order valence-electron chi connectivity index (χ4n) is 3.68. The third kappa shape index (κ3) is 3.27. The third-order valence-corrected chi connectivity index (χ3v) is 5.91. The van der Waals surface area contributed by atoms with E-state index in [1.807, 2.05) is 0 Å². The monoisotopic (exact) mass is 466 g/mol. The number of nitrogens with one attached hydrogen (secondary N) is 2. The van der Waals surface area contributed by atoms with Gasteiger partial charge in [-0.1, -0.05) is 18.5 Å². The van der Waals surface area contributed by atoms with Crippen molar-refractivity contribution in [2.24, 2.45) is 5.92 Å². The van der Waals surface area contributed by atoms with Gasteiger partial charge in [-0.15, -0.1) is 0 Å². The van der Waals surface area contributed by atoms with Crippen molar-refractivity contribution in [3.8, 4) is 11.3 Å². The number of aromatic amines is 1. The molecule has 0 bridgehead atoms. The highest BCUT2D eigenvalue weighted by atomic mass is 35.5. The molecule has 1 aromatic carbocycles. The highest BCUT2D eigenvalue weighted by molar-refractivity contribution is 6.35. The lowest BCUT2D eigenvalue weighted by atomic mass is 9.95. The first-order chi connectivity index (χ1) is 15.3. The first kappa shape index (κ1) is 20.7. The maximum atomic E-state index is 15.1. The minimum absolute atomic E-state index is 0.111. The molecule has 1 aliphatic rings. The molecular formula is C20H15ClF4N6O. The fourth-order valence-corrected chi connectivity index (χ4v) is 3.98. The van der Waals surface area contributed by atoms with E-state index in [0.29, 0.717) is 11.0 Å². The molecule has 3 aromatic heterocycles. The van der Waals surface area contributed by atoms with Crippen LogP contribution >= 0.6 is 11.6 Å². The average Bonchev–Trinajstić information content (AvgIpc) is 3.11. The van der Waals surface area contributed by atoms with E-state index in [9.17, 15) is 18.0 Å². The minimum atomic E-state index is -2.80. The number of carbonyl (C=O) groups excluding carboxylic acids is 1. The molecule has 3 heterocycles. The molecule has 0 saturated heterocycles. The number of aromatic nitrogens is 5. The summed E-state index contributed by atoms with van der Waals surface area (Å²) in [6.07, 6.45) is 2.02. The summed E-state index contributed by atoms with van der Waals surface area (Å²) in [6, 6.07) is 0. The maximum absolute atomic E-state index is 15.1. The second kappa shape index (κ2) is 7.44. The number of amides is 1. The quantitative estimate of drug-likeness (QED) is 0.416. The smallest absolute Gasteiger partial charge is 0.245 e. The van der Waals surface area contributed by atoms with Crippen LogP contribution in [0.3, 0.4) is 0 Å². The van der Waals surface area contributed by atoms with Crippen molar-refractivity contribution >= 4 is 39.9 Å². The summed E-state index contributed by atoms with van der Waals surface area (Å²) in [7, 11) is 0. The Morgan fingerprint density at radius 1 is 1.34 bits per heavy atom. The molecule has 2 N–H and O–H groups in total. The predicted octanol–water partition coefficient (Wildman–Crippen LogP) is 4.73. The summed E-state index contributed by atoms with van der Waals surface area (Å²) in [6.45, 7) is 1.21. The molecule has 7 nitrogen and oxygen atoms in total. The molecule has 0 spiro atoms. The standard InChI is InChI=1S/C20H15ClF4N6O/c1-7(19(24)25)14-17(23)16(21)15(9-3-27-30-18(9)14)11-5-31-6-12(28-13(31)4-26-11)29-20(32)8-2-10(8)22/h3-8,10,19H,2H2,1H3,(H,27,30)(H,29,32). The second-order valence-corrected chi connectivity index (χ2v) is 8.09. The van der Waals surface area contributed by atoms with E-state index in [0.717, 1.165) is 0 Å². The second-order valence-electron chi connectivity index (χ2n) is 7.71. The Kier molecular flexibility index (Phi) is 4.81. The Labute approximate surface area is 182 Å². The van der Waals surface area contributed by atoms with Gasteiger partial charge in [0.05, 0.1) is 40.7 Å². The molecule has 3 atom stereocenters. The largest absolute Gasteiger partial charge is 0.309 e. The Morgan fingerprint density at radius 3 is 2.78 bits per heavy atom. The highest BCUT2D eigenvalue weighted by Crippen LogP contribution is 2.42. The van der Waals surface area contributed by atoms with E-state index >= 15 is 4.39 Å². The molecule has 0 radical (unpaired) electrons. The summed E-state index contributed by atoms with van der Waals surface area (Å²) in [5.41, 5.74) is 0.657. The average molecular weight is 467 g/mol. The van der Waals surface area contributed by atoms with Crippen LogP contribution in [-0.2, 0) is 4.79 Å². The number of rotatable bonds is 5. The number of nitrogens with zero attached hydrogens (tertiary/aromatic N) is 4. The SMILES string of the molecule is CC(c1c(F)c(Cl)c(-c2cn3cc(NC(=O)C4CC4F)nc3cn2)c2cn[nH]c12)C(F)F. The van der Waals surface area contributed by atoms with Gasteiger partial charge in [-0.25, -0.2) is 22.5 Å². The van der Waals surface area contributed by atoms with Crippen molar-refractivity contribution in [2.45, 2.75) is 31.9 Å². The number of alkyl halides is 3. The molecule has 1 fully saturated rings. The number of anilines is 1. The number of fused-ring (bicyclic) bond motifs is 2. The molecule has 0 aliphatic heterocycles. The molecule has 1 aliphatic carbocycles. The number of H-pyrrole nitrogens is 1. The lowest BCUT2D eigenvalue weighted by molar-refractivity contribution is -0.117. The van der Waals surface area contributed by atoms with Crippen molar-refractivity contribution in [2.75, 3.05) is 5.32 Å². The van der Waals surface area contributed by atoms with E-state index < -0.39 is 36.2 Å². The summed E-state index contributed by atoms with van der Waals surface area (Å²) in [5.74, 6) is -3.30. The molecule has 4 aromatic rings. The van der Waals surface area contributed by atoms with Crippen molar-refractivity contribution in [3.05, 3.63) is 41.2 Å². The Bertz CT molecular complexity index is 1370. The van der Waals surface area contributed by atoms with Crippen LogP contribution in [0.25, 0.3) is 27.8 Å². The van der Waals surface area contributed by atoms with Crippen molar-refractivity contribution in [1.29, 1.82) is 0 Å². The van der Waals surface area contributed by atoms with E-state index in [1.54, 1.807) is 0 Å². The van der Waals surface area contributed by atoms with Gasteiger partial charge in [0.25, 0.3) is 0 Å². The first-order valence-corrected chi connectivity index (χ1v) is 10.1. The number of benzene rings is 1. The summed E-state index contributed by atoms with van der Waals surface area (Å²) >= 11 is 6.28. The highest BCUT2D eigenvalue weighted by Gasteiger charge is 2.43. The molecular weight excluding hydrogens is 452 g/mol. The molecule has 32 heavy (non-hydrogen) atoms. The molecule has 12 heteroatoms. The first-order valence-electron chi connectivity index (χ1n) is 9.68. The Hall–Kier alpha value is -3.21. The van der Waals surface area contributed by atoms with Crippen LogP contribution in [0.4, 0.5) is 23.4 Å². The van der Waals surface area contributed by atoms with Crippen molar-refractivity contribution in [1.82, 2.24) is 24.6 Å². The third-order valence-electron chi connectivity index (χ3n) is 5.56. The number of hydrogen-bond donors (Lipinski definition) is 2. The maximum Gasteiger partial charge on any atom is 0.245 e. The number of halogens is 5. The Morgan fingerprint density at radius 2 is 2.09 bits per heavy atom. The summed E-state index contributed by atoms with van der Waals surface area (Å²) < 4.78 is 56.3. The fraction of sp³-hybridized carbons (Fsp3) is 0.300. The number of hydrogen-bond acceptors (Lipinski definition) is 4. The van der Waals surface area contributed by atoms with Gasteiger partial charge in [0.1, 0.15) is 12.0 Å². The summed E-state index contributed by atoms with van der Waals surface area (Å²) in [5, 5.41) is 8.98. The zero-order valence-electron chi connectivity index (χ0n) is 16.4. The van der Waals surface area contributed by atoms with Crippen LogP contribution in [0.1, 0.15) is 24.8 Å². The van der Waals surface area contributed by atoms with Crippen LogP contribution in [0.2, 0.25) is 5.02 Å².